The monoisotopic (exact) mass is 353 g/mol. The van der Waals surface area contributed by atoms with Crippen molar-refractivity contribution in [3.63, 3.8) is 0 Å². The van der Waals surface area contributed by atoms with Gasteiger partial charge in [-0.25, -0.2) is 14.8 Å². The van der Waals surface area contributed by atoms with Crippen LogP contribution in [0.15, 0.2) is 30.9 Å². The van der Waals surface area contributed by atoms with Gasteiger partial charge >= 0.3 is 6.03 Å². The Morgan fingerprint density at radius 1 is 1.19 bits per heavy atom. The molecule has 3 rings (SSSR count). The van der Waals surface area contributed by atoms with Gasteiger partial charge in [0.2, 0.25) is 0 Å². The number of nitrogens with zero attached hydrogens (tertiary/aromatic N) is 5. The first-order valence-electron chi connectivity index (χ1n) is 8.44. The average Bonchev–Trinajstić information content (AvgIpc) is 3.15. The lowest BCUT2D eigenvalue weighted by atomic mass is 10.1. The fourth-order valence-electron chi connectivity index (χ4n) is 2.72. The summed E-state index contributed by atoms with van der Waals surface area (Å²) in [6.45, 7) is 7.07. The van der Waals surface area contributed by atoms with Gasteiger partial charge in [-0.05, 0) is 32.9 Å². The molecule has 8 heteroatoms. The van der Waals surface area contributed by atoms with E-state index in [1.54, 1.807) is 23.3 Å². The zero-order chi connectivity index (χ0) is 18.7. The first-order chi connectivity index (χ1) is 12.4. The molecule has 0 saturated carbocycles. The Kier molecular flexibility index (Phi) is 5.01. The van der Waals surface area contributed by atoms with Crippen molar-refractivity contribution in [2.75, 3.05) is 11.9 Å². The topological polar surface area (TPSA) is 89.7 Å². The van der Waals surface area contributed by atoms with Crippen molar-refractivity contribution in [2.24, 2.45) is 7.05 Å². The molecular formula is C18H23N7O. The minimum absolute atomic E-state index is 0.277. The lowest BCUT2D eigenvalue weighted by Crippen LogP contribution is -2.31. The lowest BCUT2D eigenvalue weighted by molar-refractivity contribution is 0.251. The number of pyridine rings is 1. The predicted molar refractivity (Wildman–Crippen MR) is 99.9 cm³/mol. The summed E-state index contributed by atoms with van der Waals surface area (Å²) < 4.78 is 3.76. The van der Waals surface area contributed by atoms with Crippen LogP contribution in [0.4, 0.5) is 10.6 Å². The van der Waals surface area contributed by atoms with Crippen molar-refractivity contribution in [3.05, 3.63) is 47.9 Å². The standard InChI is InChI=1S/C18H23N7O/c1-12-14(3)25(11-20-12)8-7-19-18(26)23-17-6-5-16(13(2)22-17)15-9-21-24(4)10-15/h5-6,9-11H,7-8H2,1-4H3,(H2,19,22,23,26). The van der Waals surface area contributed by atoms with Crippen LogP contribution in [0.2, 0.25) is 0 Å². The lowest BCUT2D eigenvalue weighted by Gasteiger charge is -2.10. The fraction of sp³-hybridized carbons (Fsp3) is 0.333. The summed E-state index contributed by atoms with van der Waals surface area (Å²) in [6.07, 6.45) is 5.51. The van der Waals surface area contributed by atoms with Crippen molar-refractivity contribution in [1.82, 2.24) is 29.6 Å². The molecule has 8 nitrogen and oxygen atoms in total. The molecule has 0 aliphatic heterocycles. The van der Waals surface area contributed by atoms with E-state index < -0.39 is 0 Å². The summed E-state index contributed by atoms with van der Waals surface area (Å²) in [6, 6.07) is 3.45. The van der Waals surface area contributed by atoms with Crippen molar-refractivity contribution in [2.45, 2.75) is 27.3 Å². The second kappa shape index (κ2) is 7.38. The molecule has 0 fully saturated rings. The minimum Gasteiger partial charge on any atom is -0.336 e. The molecule has 3 heterocycles. The predicted octanol–water partition coefficient (Wildman–Crippen LogP) is 2.43. The minimum atomic E-state index is -0.277. The summed E-state index contributed by atoms with van der Waals surface area (Å²) in [7, 11) is 1.87. The molecule has 0 unspecified atom stereocenters. The molecule has 0 saturated heterocycles. The van der Waals surface area contributed by atoms with Crippen LogP contribution < -0.4 is 10.6 Å². The molecule has 2 amide bonds. The molecule has 0 radical (unpaired) electrons. The normalized spacial score (nSPS) is 10.8. The van der Waals surface area contributed by atoms with E-state index in [1.807, 2.05) is 44.6 Å². The number of urea groups is 1. The van der Waals surface area contributed by atoms with Gasteiger partial charge in [0.1, 0.15) is 5.82 Å². The van der Waals surface area contributed by atoms with Crippen LogP contribution in [-0.2, 0) is 13.6 Å². The average molecular weight is 353 g/mol. The summed E-state index contributed by atoms with van der Waals surface area (Å²) >= 11 is 0. The number of imidazole rings is 1. The highest BCUT2D eigenvalue weighted by molar-refractivity contribution is 5.88. The second-order valence-corrected chi connectivity index (χ2v) is 6.22. The second-order valence-electron chi connectivity index (χ2n) is 6.22. The van der Waals surface area contributed by atoms with Crippen LogP contribution in [-0.4, -0.2) is 36.9 Å². The molecule has 0 aliphatic carbocycles. The number of hydrogen-bond acceptors (Lipinski definition) is 4. The number of aryl methyl sites for hydroxylation is 3. The number of rotatable bonds is 5. The van der Waals surface area contributed by atoms with E-state index in [9.17, 15) is 4.79 Å². The number of nitrogens with one attached hydrogen (secondary N) is 2. The number of amides is 2. The Labute approximate surface area is 152 Å². The maximum atomic E-state index is 12.1. The van der Waals surface area contributed by atoms with Crippen LogP contribution in [0, 0.1) is 20.8 Å². The highest BCUT2D eigenvalue weighted by atomic mass is 16.2. The third kappa shape index (κ3) is 3.90. The van der Waals surface area contributed by atoms with Crippen LogP contribution in [0.25, 0.3) is 11.1 Å². The van der Waals surface area contributed by atoms with E-state index >= 15 is 0 Å². The van der Waals surface area contributed by atoms with E-state index in [1.165, 1.54) is 0 Å². The molecule has 3 aromatic heterocycles. The van der Waals surface area contributed by atoms with Crippen molar-refractivity contribution in [1.29, 1.82) is 0 Å². The molecule has 136 valence electrons. The maximum absolute atomic E-state index is 12.1. The van der Waals surface area contributed by atoms with Gasteiger partial charge in [-0.3, -0.25) is 10.00 Å². The van der Waals surface area contributed by atoms with E-state index in [4.69, 9.17) is 0 Å². The van der Waals surface area contributed by atoms with Gasteiger partial charge in [0.25, 0.3) is 0 Å². The molecule has 0 spiro atoms. The van der Waals surface area contributed by atoms with Gasteiger partial charge in [-0.15, -0.1) is 0 Å². The molecule has 0 bridgehead atoms. The van der Waals surface area contributed by atoms with E-state index in [0.29, 0.717) is 18.9 Å². The molecule has 2 N–H and O–H groups in total. The summed E-state index contributed by atoms with van der Waals surface area (Å²) in [5, 5.41) is 9.77. The highest BCUT2D eigenvalue weighted by Crippen LogP contribution is 2.22. The molecule has 0 atom stereocenters. The first-order valence-corrected chi connectivity index (χ1v) is 8.44. The molecule has 26 heavy (non-hydrogen) atoms. The highest BCUT2D eigenvalue weighted by Gasteiger charge is 2.09. The van der Waals surface area contributed by atoms with Crippen LogP contribution in [0.5, 0.6) is 0 Å². The first kappa shape index (κ1) is 17.7. The van der Waals surface area contributed by atoms with Gasteiger partial charge in [0, 0.05) is 48.8 Å². The summed E-state index contributed by atoms with van der Waals surface area (Å²) in [4.78, 5) is 20.8. The number of carbonyl (C=O) groups excluding carboxylic acids is 1. The molecule has 0 aromatic carbocycles. The van der Waals surface area contributed by atoms with Crippen LogP contribution in [0.1, 0.15) is 17.1 Å². The number of carbonyl (C=O) groups is 1. The molecule has 3 aromatic rings. The van der Waals surface area contributed by atoms with Gasteiger partial charge in [-0.1, -0.05) is 0 Å². The number of aromatic nitrogens is 5. The SMILES string of the molecule is Cc1nc(NC(=O)NCCn2cnc(C)c2C)ccc1-c1cnn(C)c1. The van der Waals surface area contributed by atoms with Crippen molar-refractivity contribution < 1.29 is 4.79 Å². The third-order valence-electron chi connectivity index (χ3n) is 4.33. The Hall–Kier alpha value is -3.16. The van der Waals surface area contributed by atoms with Gasteiger partial charge in [0.05, 0.1) is 18.2 Å². The van der Waals surface area contributed by atoms with E-state index in [2.05, 4.69) is 25.7 Å². The van der Waals surface area contributed by atoms with Crippen LogP contribution >= 0.6 is 0 Å². The Bertz CT molecular complexity index is 926. The van der Waals surface area contributed by atoms with Crippen LogP contribution in [0.3, 0.4) is 0 Å². The number of hydrogen-bond donors (Lipinski definition) is 2. The maximum Gasteiger partial charge on any atom is 0.320 e. The van der Waals surface area contributed by atoms with E-state index in [-0.39, 0.29) is 6.03 Å². The third-order valence-corrected chi connectivity index (χ3v) is 4.33. The molecular weight excluding hydrogens is 330 g/mol. The molecule has 0 aliphatic rings. The smallest absolute Gasteiger partial charge is 0.320 e. The Morgan fingerprint density at radius 2 is 2.00 bits per heavy atom. The quantitative estimate of drug-likeness (QED) is 0.737. The zero-order valence-electron chi connectivity index (χ0n) is 15.4. The van der Waals surface area contributed by atoms with Gasteiger partial charge in [-0.2, -0.15) is 5.10 Å². The Morgan fingerprint density at radius 3 is 2.62 bits per heavy atom. The fourth-order valence-corrected chi connectivity index (χ4v) is 2.72. The Balaban J connectivity index is 1.56. The summed E-state index contributed by atoms with van der Waals surface area (Å²) in [5.41, 5.74) is 4.94. The number of anilines is 1. The van der Waals surface area contributed by atoms with Gasteiger partial charge < -0.3 is 9.88 Å². The van der Waals surface area contributed by atoms with Crippen molar-refractivity contribution in [3.8, 4) is 11.1 Å². The summed E-state index contributed by atoms with van der Waals surface area (Å²) in [5.74, 6) is 0.516. The van der Waals surface area contributed by atoms with Gasteiger partial charge in [0.15, 0.2) is 0 Å². The van der Waals surface area contributed by atoms with E-state index in [0.717, 1.165) is 28.2 Å². The largest absolute Gasteiger partial charge is 0.336 e. The van der Waals surface area contributed by atoms with Crippen molar-refractivity contribution >= 4 is 11.8 Å². The zero-order valence-corrected chi connectivity index (χ0v) is 15.4.